The zero-order chi connectivity index (χ0) is 15.2. The molecule has 0 saturated heterocycles. The molecule has 2 aliphatic rings. The van der Waals surface area contributed by atoms with Crippen molar-refractivity contribution in [1.29, 1.82) is 0 Å². The molecule has 0 aromatic heterocycles. The zero-order valence-electron chi connectivity index (χ0n) is 13.1. The van der Waals surface area contributed by atoms with Crippen LogP contribution in [0.5, 0.6) is 0 Å². The highest BCUT2D eigenvalue weighted by Crippen LogP contribution is 2.68. The zero-order valence-corrected chi connectivity index (χ0v) is 13.1. The Morgan fingerprint density at radius 3 is 1.95 bits per heavy atom. The second-order valence-electron chi connectivity index (χ2n) is 7.74. The fraction of sp³-hybridized carbons (Fsp3) is 0.875. The van der Waals surface area contributed by atoms with Gasteiger partial charge >= 0.3 is 5.97 Å². The van der Waals surface area contributed by atoms with Crippen LogP contribution in [0.4, 0.5) is 0 Å². The Hall–Kier alpha value is -1.06. The van der Waals surface area contributed by atoms with Gasteiger partial charge in [-0.1, -0.05) is 47.0 Å². The van der Waals surface area contributed by atoms with Gasteiger partial charge in [0.25, 0.3) is 0 Å². The maximum Gasteiger partial charge on any atom is 0.311 e. The molecule has 0 spiro atoms. The number of aliphatic carboxylic acids is 1. The third-order valence-electron chi connectivity index (χ3n) is 6.15. The molecule has 0 atom stereocenters. The van der Waals surface area contributed by atoms with Gasteiger partial charge in [-0.2, -0.15) is 0 Å². The minimum Gasteiger partial charge on any atom is -0.481 e. The Balaban J connectivity index is 1.98. The summed E-state index contributed by atoms with van der Waals surface area (Å²) in [6, 6.07) is 0. The van der Waals surface area contributed by atoms with Crippen molar-refractivity contribution in [3.8, 4) is 0 Å². The van der Waals surface area contributed by atoms with Gasteiger partial charge in [-0.25, -0.2) is 0 Å². The van der Waals surface area contributed by atoms with Gasteiger partial charge in [-0.15, -0.1) is 0 Å². The van der Waals surface area contributed by atoms with E-state index >= 15 is 0 Å². The van der Waals surface area contributed by atoms with Crippen LogP contribution in [0, 0.1) is 22.2 Å². The maximum atomic E-state index is 12.3. The van der Waals surface area contributed by atoms with E-state index in [0.717, 1.165) is 19.3 Å². The van der Waals surface area contributed by atoms with Gasteiger partial charge in [-0.05, 0) is 23.7 Å². The highest BCUT2D eigenvalue weighted by molar-refractivity contribution is 5.85. The van der Waals surface area contributed by atoms with Gasteiger partial charge in [0.05, 0.1) is 5.41 Å². The second-order valence-corrected chi connectivity index (χ2v) is 7.74. The lowest BCUT2D eigenvalue weighted by Gasteiger charge is -2.33. The molecule has 2 fully saturated rings. The molecule has 0 aromatic rings. The lowest BCUT2D eigenvalue weighted by atomic mass is 9.74. The summed E-state index contributed by atoms with van der Waals surface area (Å²) in [7, 11) is 0. The number of carbonyl (C=O) groups excluding carboxylic acids is 1. The lowest BCUT2D eigenvalue weighted by Crippen LogP contribution is -2.45. The van der Waals surface area contributed by atoms with Crippen molar-refractivity contribution in [2.45, 2.75) is 59.8 Å². The minimum absolute atomic E-state index is 0.0000348. The lowest BCUT2D eigenvalue weighted by molar-refractivity contribution is -0.151. The first-order valence-electron chi connectivity index (χ1n) is 7.66. The van der Waals surface area contributed by atoms with Crippen LogP contribution in [0.25, 0.3) is 0 Å². The molecule has 2 N–H and O–H groups in total. The van der Waals surface area contributed by atoms with Gasteiger partial charge in [0.1, 0.15) is 0 Å². The summed E-state index contributed by atoms with van der Waals surface area (Å²) in [4.78, 5) is 23.9. The molecule has 0 heterocycles. The third kappa shape index (κ3) is 2.23. The Labute approximate surface area is 121 Å². The molecule has 0 aliphatic heterocycles. The Bertz CT molecular complexity index is 405. The number of nitrogens with one attached hydrogen (secondary N) is 1. The van der Waals surface area contributed by atoms with Crippen molar-refractivity contribution in [1.82, 2.24) is 5.32 Å². The third-order valence-corrected chi connectivity index (χ3v) is 6.15. The number of amides is 1. The van der Waals surface area contributed by atoms with Crippen molar-refractivity contribution in [3.05, 3.63) is 0 Å². The predicted molar refractivity (Wildman–Crippen MR) is 77.2 cm³/mol. The summed E-state index contributed by atoms with van der Waals surface area (Å²) in [5, 5.41) is 12.4. The molecule has 4 nitrogen and oxygen atoms in total. The summed E-state index contributed by atoms with van der Waals surface area (Å²) in [5.41, 5.74) is -0.739. The smallest absolute Gasteiger partial charge is 0.311 e. The highest BCUT2D eigenvalue weighted by atomic mass is 16.4. The van der Waals surface area contributed by atoms with Crippen LogP contribution in [0.1, 0.15) is 59.8 Å². The van der Waals surface area contributed by atoms with Crippen molar-refractivity contribution >= 4 is 11.9 Å². The average Bonchev–Trinajstić information content (AvgIpc) is 2.78. The van der Waals surface area contributed by atoms with E-state index in [9.17, 15) is 14.7 Å². The Morgan fingerprint density at radius 2 is 1.55 bits per heavy atom. The summed E-state index contributed by atoms with van der Waals surface area (Å²) >= 11 is 0. The number of carboxylic acid groups (broad SMARTS) is 1. The summed E-state index contributed by atoms with van der Waals surface area (Å²) < 4.78 is 0. The number of rotatable bonds is 4. The molecule has 4 heteroatoms. The molecular weight excluding hydrogens is 254 g/mol. The summed E-state index contributed by atoms with van der Waals surface area (Å²) in [5.74, 6) is -0.748. The van der Waals surface area contributed by atoms with E-state index in [1.165, 1.54) is 0 Å². The standard InChI is InChI=1S/C16H27NO3/c1-14(2)11(15(14,3)4)12(18)17-10-16(13(19)20)8-6-5-7-9-16/h11H,5-10H2,1-4H3,(H,17,18)(H,19,20). The van der Waals surface area contributed by atoms with Gasteiger partial charge in [-0.3, -0.25) is 9.59 Å². The SMILES string of the molecule is CC1(C)C(C(=O)NCC2(C(=O)O)CCCCC2)C1(C)C. The van der Waals surface area contributed by atoms with E-state index in [1.54, 1.807) is 0 Å². The first kappa shape index (κ1) is 15.3. The number of hydrogen-bond acceptors (Lipinski definition) is 2. The molecule has 0 aromatic carbocycles. The molecule has 2 saturated carbocycles. The van der Waals surface area contributed by atoms with E-state index in [4.69, 9.17) is 0 Å². The second kappa shape index (κ2) is 4.74. The van der Waals surface area contributed by atoms with E-state index in [0.29, 0.717) is 12.8 Å². The molecule has 0 unspecified atom stereocenters. The summed E-state index contributed by atoms with van der Waals surface area (Å²) in [6.07, 6.45) is 4.36. The quantitative estimate of drug-likeness (QED) is 0.832. The van der Waals surface area contributed by atoms with Gasteiger partial charge in [0.15, 0.2) is 0 Å². The van der Waals surface area contributed by atoms with Crippen LogP contribution in [-0.2, 0) is 9.59 Å². The van der Waals surface area contributed by atoms with E-state index in [1.807, 2.05) is 0 Å². The van der Waals surface area contributed by atoms with Crippen molar-refractivity contribution in [3.63, 3.8) is 0 Å². The largest absolute Gasteiger partial charge is 0.481 e. The van der Waals surface area contributed by atoms with E-state index in [2.05, 4.69) is 33.0 Å². The average molecular weight is 281 g/mol. The van der Waals surface area contributed by atoms with Crippen LogP contribution in [0.3, 0.4) is 0 Å². The van der Waals surface area contributed by atoms with Crippen molar-refractivity contribution < 1.29 is 14.7 Å². The normalized spacial score (nSPS) is 26.8. The first-order valence-corrected chi connectivity index (χ1v) is 7.66. The van der Waals surface area contributed by atoms with Crippen LogP contribution in [0.2, 0.25) is 0 Å². The molecule has 20 heavy (non-hydrogen) atoms. The molecule has 114 valence electrons. The van der Waals surface area contributed by atoms with Crippen LogP contribution in [0.15, 0.2) is 0 Å². The molecule has 0 bridgehead atoms. The van der Waals surface area contributed by atoms with Gasteiger partial charge < -0.3 is 10.4 Å². The number of hydrogen-bond donors (Lipinski definition) is 2. The Morgan fingerprint density at radius 1 is 1.05 bits per heavy atom. The van der Waals surface area contributed by atoms with Gasteiger partial charge in [0.2, 0.25) is 5.91 Å². The van der Waals surface area contributed by atoms with Crippen molar-refractivity contribution in [2.75, 3.05) is 6.54 Å². The first-order chi connectivity index (χ1) is 9.15. The molecule has 2 rings (SSSR count). The molecular formula is C16H27NO3. The fourth-order valence-electron chi connectivity index (χ4n) is 3.91. The number of carboxylic acids is 1. The monoisotopic (exact) mass is 281 g/mol. The number of carbonyl (C=O) groups is 2. The molecule has 1 amide bonds. The van der Waals surface area contributed by atoms with Crippen LogP contribution < -0.4 is 5.32 Å². The van der Waals surface area contributed by atoms with Gasteiger partial charge in [0, 0.05) is 12.5 Å². The topological polar surface area (TPSA) is 66.4 Å². The molecule has 2 aliphatic carbocycles. The fourth-order valence-corrected chi connectivity index (χ4v) is 3.91. The van der Waals surface area contributed by atoms with Crippen LogP contribution >= 0.6 is 0 Å². The van der Waals surface area contributed by atoms with E-state index < -0.39 is 11.4 Å². The van der Waals surface area contributed by atoms with Crippen LogP contribution in [-0.4, -0.2) is 23.5 Å². The van der Waals surface area contributed by atoms with E-state index in [-0.39, 0.29) is 29.2 Å². The molecule has 0 radical (unpaired) electrons. The highest BCUT2D eigenvalue weighted by Gasteiger charge is 2.68. The predicted octanol–water partition coefficient (Wildman–Crippen LogP) is 2.82. The Kier molecular flexibility index (Phi) is 3.64. The maximum absolute atomic E-state index is 12.3. The van der Waals surface area contributed by atoms with Crippen molar-refractivity contribution in [2.24, 2.45) is 22.2 Å². The minimum atomic E-state index is -0.758. The summed E-state index contributed by atoms with van der Waals surface area (Å²) in [6.45, 7) is 8.69.